The number of piperidine rings is 1. The number of carboxylic acid groups (broad SMARTS) is 1. The highest BCUT2D eigenvalue weighted by molar-refractivity contribution is 6.22. The van der Waals surface area contributed by atoms with Crippen LogP contribution < -0.4 is 0 Å². The third kappa shape index (κ3) is 3.32. The van der Waals surface area contributed by atoms with Crippen LogP contribution in [0.25, 0.3) is 0 Å². The molecule has 0 aliphatic carbocycles. The molecule has 0 spiro atoms. The van der Waals surface area contributed by atoms with Gasteiger partial charge < -0.3 is 15.1 Å². The van der Waals surface area contributed by atoms with Crippen molar-refractivity contribution in [1.82, 2.24) is 9.80 Å². The second-order valence-corrected chi connectivity index (χ2v) is 7.00. The van der Waals surface area contributed by atoms with Crippen molar-refractivity contribution in [2.45, 2.75) is 38.2 Å². The van der Waals surface area contributed by atoms with Gasteiger partial charge in [-0.25, -0.2) is 4.79 Å². The minimum Gasteiger partial charge on any atom is -0.479 e. The minimum atomic E-state index is -1.81. The van der Waals surface area contributed by atoms with Gasteiger partial charge in [-0.05, 0) is 24.6 Å². The van der Waals surface area contributed by atoms with Crippen LogP contribution in [0.2, 0.25) is 0 Å². The molecule has 0 radical (unpaired) electrons. The Kier molecular flexibility index (Phi) is 5.01. The van der Waals surface area contributed by atoms with Gasteiger partial charge in [0.2, 0.25) is 0 Å². The number of fused-ring (bicyclic) bond motifs is 1. The van der Waals surface area contributed by atoms with Gasteiger partial charge in [-0.3, -0.25) is 19.3 Å². The summed E-state index contributed by atoms with van der Waals surface area (Å²) in [5.41, 5.74) is -1.02. The molecule has 1 saturated heterocycles. The molecular formula is C19H22N2O6. The molecule has 1 fully saturated rings. The molecule has 8 nitrogen and oxygen atoms in total. The lowest BCUT2D eigenvalue weighted by atomic mass is 9.91. The molecule has 2 aliphatic rings. The number of nitrogens with zero attached hydrogens (tertiary/aromatic N) is 2. The van der Waals surface area contributed by atoms with Gasteiger partial charge in [0.15, 0.2) is 5.60 Å². The molecule has 144 valence electrons. The highest BCUT2D eigenvalue weighted by Gasteiger charge is 2.41. The van der Waals surface area contributed by atoms with E-state index in [1.807, 2.05) is 6.92 Å². The van der Waals surface area contributed by atoms with Crippen molar-refractivity contribution >= 4 is 23.7 Å². The normalized spacial score (nSPS) is 18.6. The summed E-state index contributed by atoms with van der Waals surface area (Å²) in [6.45, 7) is 2.54. The maximum absolute atomic E-state index is 12.7. The van der Waals surface area contributed by atoms with E-state index in [0.717, 1.165) is 12.8 Å². The number of likely N-dealkylation sites (tertiary alicyclic amines) is 1. The molecule has 2 heterocycles. The lowest BCUT2D eigenvalue weighted by molar-refractivity contribution is -0.162. The van der Waals surface area contributed by atoms with Crippen LogP contribution in [0, 0.1) is 0 Å². The van der Waals surface area contributed by atoms with Gasteiger partial charge in [-0.2, -0.15) is 0 Å². The van der Waals surface area contributed by atoms with E-state index in [-0.39, 0.29) is 48.9 Å². The maximum Gasteiger partial charge on any atom is 0.335 e. The first-order valence-corrected chi connectivity index (χ1v) is 9.04. The maximum atomic E-state index is 12.7. The molecule has 8 heteroatoms. The van der Waals surface area contributed by atoms with E-state index in [1.54, 1.807) is 0 Å². The largest absolute Gasteiger partial charge is 0.479 e. The van der Waals surface area contributed by atoms with E-state index >= 15 is 0 Å². The van der Waals surface area contributed by atoms with E-state index in [9.17, 15) is 24.3 Å². The van der Waals surface area contributed by atoms with Crippen LogP contribution in [-0.4, -0.2) is 68.9 Å². The fourth-order valence-electron chi connectivity index (χ4n) is 3.42. The number of imide groups is 1. The summed E-state index contributed by atoms with van der Waals surface area (Å²) in [6.07, 6.45) is 1.47. The summed E-state index contributed by atoms with van der Waals surface area (Å²) in [5.74, 6) is -2.37. The van der Waals surface area contributed by atoms with Crippen LogP contribution in [0.5, 0.6) is 0 Å². The van der Waals surface area contributed by atoms with Crippen LogP contribution in [0.15, 0.2) is 18.2 Å². The van der Waals surface area contributed by atoms with Gasteiger partial charge in [0.05, 0.1) is 11.1 Å². The zero-order chi connectivity index (χ0) is 19.8. The van der Waals surface area contributed by atoms with Gasteiger partial charge in [0, 0.05) is 38.0 Å². The number of benzene rings is 1. The first kappa shape index (κ1) is 19.0. The van der Waals surface area contributed by atoms with Gasteiger partial charge in [-0.1, -0.05) is 13.3 Å². The Balaban J connectivity index is 1.76. The van der Waals surface area contributed by atoms with Crippen LogP contribution in [0.1, 0.15) is 63.7 Å². The van der Waals surface area contributed by atoms with Crippen LogP contribution in [-0.2, 0) is 4.79 Å². The zero-order valence-corrected chi connectivity index (χ0v) is 15.1. The molecule has 0 unspecified atom stereocenters. The van der Waals surface area contributed by atoms with Crippen molar-refractivity contribution in [2.24, 2.45) is 0 Å². The predicted molar refractivity (Wildman–Crippen MR) is 94.4 cm³/mol. The van der Waals surface area contributed by atoms with E-state index in [4.69, 9.17) is 5.11 Å². The number of hydrogen-bond acceptors (Lipinski definition) is 5. The second-order valence-electron chi connectivity index (χ2n) is 7.00. The van der Waals surface area contributed by atoms with E-state index in [1.165, 1.54) is 28.0 Å². The monoisotopic (exact) mass is 374 g/mol. The number of unbranched alkanes of at least 4 members (excludes halogenated alkanes) is 1. The van der Waals surface area contributed by atoms with Gasteiger partial charge in [0.25, 0.3) is 17.7 Å². The number of aliphatic carboxylic acids is 1. The molecule has 0 aromatic heterocycles. The van der Waals surface area contributed by atoms with Crippen molar-refractivity contribution in [1.29, 1.82) is 0 Å². The van der Waals surface area contributed by atoms with Crippen LogP contribution in [0.4, 0.5) is 0 Å². The topological polar surface area (TPSA) is 115 Å². The Morgan fingerprint density at radius 3 is 2.33 bits per heavy atom. The van der Waals surface area contributed by atoms with E-state index < -0.39 is 17.5 Å². The molecule has 0 bridgehead atoms. The molecule has 3 amide bonds. The summed E-state index contributed by atoms with van der Waals surface area (Å²) in [6, 6.07) is 4.43. The van der Waals surface area contributed by atoms with Gasteiger partial charge >= 0.3 is 5.97 Å². The Morgan fingerprint density at radius 2 is 1.74 bits per heavy atom. The van der Waals surface area contributed by atoms with Crippen molar-refractivity contribution in [3.63, 3.8) is 0 Å². The molecule has 2 N–H and O–H groups in total. The van der Waals surface area contributed by atoms with Crippen molar-refractivity contribution in [3.8, 4) is 0 Å². The van der Waals surface area contributed by atoms with Gasteiger partial charge in [-0.15, -0.1) is 0 Å². The Labute approximate surface area is 156 Å². The average molecular weight is 374 g/mol. The molecule has 1 aromatic rings. The lowest BCUT2D eigenvalue weighted by Crippen LogP contribution is -2.50. The van der Waals surface area contributed by atoms with Crippen molar-refractivity contribution in [2.75, 3.05) is 19.6 Å². The third-order valence-corrected chi connectivity index (χ3v) is 5.23. The number of hydrogen-bond donors (Lipinski definition) is 2. The predicted octanol–water partition coefficient (Wildman–Crippen LogP) is 1.13. The highest BCUT2D eigenvalue weighted by Crippen LogP contribution is 2.27. The third-order valence-electron chi connectivity index (χ3n) is 5.23. The summed E-state index contributed by atoms with van der Waals surface area (Å²) in [4.78, 5) is 51.3. The number of amides is 3. The summed E-state index contributed by atoms with van der Waals surface area (Å²) in [5, 5.41) is 19.0. The Bertz CT molecular complexity index is 810. The standard InChI is InChI=1S/C19H22N2O6/c1-2-3-8-21-16(23)13-5-4-12(11-14(13)17(21)24)15(22)20-9-6-19(27,7-10-20)18(25)26/h4-5,11,27H,2-3,6-10H2,1H3,(H,25,26). The number of rotatable bonds is 5. The molecular weight excluding hydrogens is 352 g/mol. The van der Waals surface area contributed by atoms with Crippen LogP contribution in [0.3, 0.4) is 0 Å². The highest BCUT2D eigenvalue weighted by atomic mass is 16.4. The van der Waals surface area contributed by atoms with Crippen molar-refractivity contribution in [3.05, 3.63) is 34.9 Å². The fraction of sp³-hybridized carbons (Fsp3) is 0.474. The lowest BCUT2D eigenvalue weighted by Gasteiger charge is -2.35. The second kappa shape index (κ2) is 7.11. The first-order chi connectivity index (χ1) is 12.8. The SMILES string of the molecule is CCCCN1C(=O)c2ccc(C(=O)N3CCC(O)(C(=O)O)CC3)cc2C1=O. The van der Waals surface area contributed by atoms with E-state index in [2.05, 4.69) is 0 Å². The number of carboxylic acids is 1. The molecule has 27 heavy (non-hydrogen) atoms. The van der Waals surface area contributed by atoms with Crippen LogP contribution >= 0.6 is 0 Å². The summed E-state index contributed by atoms with van der Waals surface area (Å²) in [7, 11) is 0. The van der Waals surface area contributed by atoms with Crippen molar-refractivity contribution < 1.29 is 29.4 Å². The Hall–Kier alpha value is -2.74. The van der Waals surface area contributed by atoms with Gasteiger partial charge in [0.1, 0.15) is 0 Å². The first-order valence-electron chi connectivity index (χ1n) is 9.04. The number of carbonyl (C=O) groups is 4. The van der Waals surface area contributed by atoms with E-state index in [0.29, 0.717) is 12.1 Å². The molecule has 0 saturated carbocycles. The summed E-state index contributed by atoms with van der Waals surface area (Å²) < 4.78 is 0. The number of aliphatic hydroxyl groups is 1. The quantitative estimate of drug-likeness (QED) is 0.747. The summed E-state index contributed by atoms with van der Waals surface area (Å²) >= 11 is 0. The molecule has 3 rings (SSSR count). The average Bonchev–Trinajstić information content (AvgIpc) is 2.90. The molecule has 0 atom stereocenters. The fourth-order valence-corrected chi connectivity index (χ4v) is 3.42. The number of carbonyl (C=O) groups excluding carboxylic acids is 3. The minimum absolute atomic E-state index is 0.0543. The molecule has 1 aromatic carbocycles. The Morgan fingerprint density at radius 1 is 1.11 bits per heavy atom. The molecule has 2 aliphatic heterocycles. The smallest absolute Gasteiger partial charge is 0.335 e. The zero-order valence-electron chi connectivity index (χ0n) is 15.1.